The van der Waals surface area contributed by atoms with E-state index in [0.29, 0.717) is 10.8 Å². The number of likely N-dealkylation sites (tertiary alicyclic amines) is 1. The number of nitrogens with one attached hydrogen (secondary N) is 2. The van der Waals surface area contributed by atoms with E-state index in [9.17, 15) is 0 Å². The molecular formula is C20H21N5S. The van der Waals surface area contributed by atoms with Crippen LogP contribution < -0.4 is 5.32 Å². The third-order valence-electron chi connectivity index (χ3n) is 4.93. The largest absolute Gasteiger partial charge is 0.339 e. The van der Waals surface area contributed by atoms with Crippen molar-refractivity contribution in [3.8, 4) is 16.6 Å². The summed E-state index contributed by atoms with van der Waals surface area (Å²) in [7, 11) is 2.19. The highest BCUT2D eigenvalue weighted by atomic mass is 32.1. The molecule has 4 rings (SSSR count). The van der Waals surface area contributed by atoms with Crippen LogP contribution in [0.2, 0.25) is 0 Å². The summed E-state index contributed by atoms with van der Waals surface area (Å²) >= 11 is 1.46. The molecule has 0 bridgehead atoms. The fourth-order valence-electron chi connectivity index (χ4n) is 3.38. The molecule has 1 aromatic carbocycles. The van der Waals surface area contributed by atoms with Crippen LogP contribution >= 0.6 is 11.3 Å². The van der Waals surface area contributed by atoms with Crippen molar-refractivity contribution in [3.05, 3.63) is 52.9 Å². The van der Waals surface area contributed by atoms with E-state index < -0.39 is 0 Å². The SMILES string of the molecule is CN1CCC(c2ccc(Nc3cc(-c4ccc(C#N)s4)[nH]n3)cc2)CC1. The van der Waals surface area contributed by atoms with E-state index in [0.717, 1.165) is 22.1 Å². The number of hydrogen-bond acceptors (Lipinski definition) is 5. The van der Waals surface area contributed by atoms with Gasteiger partial charge in [0.2, 0.25) is 0 Å². The molecule has 1 aliphatic heterocycles. The highest BCUT2D eigenvalue weighted by molar-refractivity contribution is 7.15. The molecule has 26 heavy (non-hydrogen) atoms. The lowest BCUT2D eigenvalue weighted by molar-refractivity contribution is 0.255. The first-order chi connectivity index (χ1) is 12.7. The molecule has 0 radical (unpaired) electrons. The minimum atomic E-state index is 0.672. The van der Waals surface area contributed by atoms with E-state index in [1.54, 1.807) is 0 Å². The summed E-state index contributed by atoms with van der Waals surface area (Å²) in [4.78, 5) is 4.11. The number of aromatic amines is 1. The number of nitriles is 1. The van der Waals surface area contributed by atoms with Crippen molar-refractivity contribution < 1.29 is 0 Å². The minimum Gasteiger partial charge on any atom is -0.339 e. The van der Waals surface area contributed by atoms with Crippen LogP contribution in [0.25, 0.3) is 10.6 Å². The van der Waals surface area contributed by atoms with E-state index in [2.05, 4.69) is 57.8 Å². The Morgan fingerprint density at radius 1 is 1.19 bits per heavy atom. The van der Waals surface area contributed by atoms with Gasteiger partial charge < -0.3 is 10.2 Å². The number of thiophene rings is 1. The normalized spacial score (nSPS) is 15.7. The van der Waals surface area contributed by atoms with Gasteiger partial charge in [0.25, 0.3) is 0 Å². The molecule has 2 N–H and O–H groups in total. The van der Waals surface area contributed by atoms with Crippen LogP contribution in [0.5, 0.6) is 0 Å². The highest BCUT2D eigenvalue weighted by Gasteiger charge is 2.18. The summed E-state index contributed by atoms with van der Waals surface area (Å²) in [6, 6.07) is 16.6. The lowest BCUT2D eigenvalue weighted by Crippen LogP contribution is -2.29. The van der Waals surface area contributed by atoms with Gasteiger partial charge in [0.1, 0.15) is 10.9 Å². The molecule has 6 heteroatoms. The molecule has 0 unspecified atom stereocenters. The van der Waals surface area contributed by atoms with Crippen LogP contribution in [0.4, 0.5) is 11.5 Å². The first-order valence-corrected chi connectivity index (χ1v) is 9.64. The van der Waals surface area contributed by atoms with Gasteiger partial charge in [-0.3, -0.25) is 5.10 Å². The Kier molecular flexibility index (Phi) is 4.74. The average Bonchev–Trinajstić information content (AvgIpc) is 3.32. The summed E-state index contributed by atoms with van der Waals surface area (Å²) in [5.41, 5.74) is 3.37. The molecule has 3 heterocycles. The third-order valence-corrected chi connectivity index (χ3v) is 5.96. The third kappa shape index (κ3) is 3.64. The first-order valence-electron chi connectivity index (χ1n) is 8.82. The molecule has 5 nitrogen and oxygen atoms in total. The van der Waals surface area contributed by atoms with Crippen LogP contribution in [0.3, 0.4) is 0 Å². The van der Waals surface area contributed by atoms with Crippen molar-refractivity contribution >= 4 is 22.8 Å². The number of benzene rings is 1. The zero-order valence-corrected chi connectivity index (χ0v) is 15.5. The molecule has 132 valence electrons. The van der Waals surface area contributed by atoms with Gasteiger partial charge >= 0.3 is 0 Å². The van der Waals surface area contributed by atoms with Gasteiger partial charge in [0, 0.05) is 11.8 Å². The fraction of sp³-hybridized carbons (Fsp3) is 0.300. The van der Waals surface area contributed by atoms with Gasteiger partial charge in [-0.25, -0.2) is 0 Å². The predicted octanol–water partition coefficient (Wildman–Crippen LogP) is 4.56. The second-order valence-corrected chi connectivity index (χ2v) is 7.85. The maximum atomic E-state index is 8.95. The smallest absolute Gasteiger partial charge is 0.152 e. The zero-order valence-electron chi connectivity index (χ0n) is 14.7. The van der Waals surface area contributed by atoms with Crippen molar-refractivity contribution in [1.82, 2.24) is 15.1 Å². The van der Waals surface area contributed by atoms with Gasteiger partial charge in [0.15, 0.2) is 5.82 Å². The maximum Gasteiger partial charge on any atom is 0.152 e. The van der Waals surface area contributed by atoms with Crippen molar-refractivity contribution in [2.24, 2.45) is 0 Å². The van der Waals surface area contributed by atoms with E-state index in [1.807, 2.05) is 18.2 Å². The van der Waals surface area contributed by atoms with Gasteiger partial charge in [-0.05, 0) is 68.7 Å². The van der Waals surface area contributed by atoms with Crippen molar-refractivity contribution in [3.63, 3.8) is 0 Å². The van der Waals surface area contributed by atoms with E-state index in [-0.39, 0.29) is 0 Å². The van der Waals surface area contributed by atoms with Gasteiger partial charge in [-0.2, -0.15) is 10.4 Å². The monoisotopic (exact) mass is 363 g/mol. The standard InChI is InChI=1S/C20H21N5S/c1-25-10-8-15(9-11-25)14-2-4-16(5-3-14)22-20-12-18(23-24-20)19-7-6-17(13-21)26-19/h2-7,12,15H,8-11H2,1H3,(H2,22,23,24). The highest BCUT2D eigenvalue weighted by Crippen LogP contribution is 2.30. The minimum absolute atomic E-state index is 0.672. The molecule has 0 aliphatic carbocycles. The summed E-state index contributed by atoms with van der Waals surface area (Å²) in [6.45, 7) is 2.36. The Hall–Kier alpha value is -2.62. The number of H-pyrrole nitrogens is 1. The molecule has 0 spiro atoms. The molecule has 0 saturated carbocycles. The number of piperidine rings is 1. The van der Waals surface area contributed by atoms with Gasteiger partial charge in [-0.1, -0.05) is 12.1 Å². The van der Waals surface area contributed by atoms with Crippen LogP contribution in [0.1, 0.15) is 29.2 Å². The van der Waals surface area contributed by atoms with E-state index in [1.165, 1.54) is 42.8 Å². The molecule has 1 saturated heterocycles. The Balaban J connectivity index is 1.42. The van der Waals surface area contributed by atoms with Crippen LogP contribution in [0, 0.1) is 11.3 Å². The topological polar surface area (TPSA) is 67.7 Å². The molecular weight excluding hydrogens is 342 g/mol. The van der Waals surface area contributed by atoms with Gasteiger partial charge in [0.05, 0.1) is 10.6 Å². The molecule has 1 fully saturated rings. The van der Waals surface area contributed by atoms with Crippen molar-refractivity contribution in [1.29, 1.82) is 5.26 Å². The Labute approximate surface area is 157 Å². The Morgan fingerprint density at radius 3 is 2.65 bits per heavy atom. The number of aromatic nitrogens is 2. The summed E-state index contributed by atoms with van der Waals surface area (Å²) in [5, 5.41) is 19.6. The molecule has 3 aromatic rings. The Bertz CT molecular complexity index is 910. The number of nitrogens with zero attached hydrogens (tertiary/aromatic N) is 3. The molecule has 0 amide bonds. The van der Waals surface area contributed by atoms with Crippen LogP contribution in [-0.4, -0.2) is 35.2 Å². The average molecular weight is 363 g/mol. The molecule has 2 aromatic heterocycles. The van der Waals surface area contributed by atoms with E-state index in [4.69, 9.17) is 5.26 Å². The van der Waals surface area contributed by atoms with Crippen LogP contribution in [0.15, 0.2) is 42.5 Å². The summed E-state index contributed by atoms with van der Waals surface area (Å²) < 4.78 is 0. The van der Waals surface area contributed by atoms with Crippen molar-refractivity contribution in [2.45, 2.75) is 18.8 Å². The van der Waals surface area contributed by atoms with Crippen molar-refractivity contribution in [2.75, 3.05) is 25.5 Å². The predicted molar refractivity (Wildman–Crippen MR) is 106 cm³/mol. The summed E-state index contributed by atoms with van der Waals surface area (Å²) in [5.74, 6) is 1.45. The lowest BCUT2D eigenvalue weighted by Gasteiger charge is -2.29. The number of hydrogen-bond donors (Lipinski definition) is 2. The maximum absolute atomic E-state index is 8.95. The fourth-order valence-corrected chi connectivity index (χ4v) is 4.15. The number of rotatable bonds is 4. The molecule has 1 aliphatic rings. The van der Waals surface area contributed by atoms with Gasteiger partial charge in [-0.15, -0.1) is 11.3 Å². The second kappa shape index (κ2) is 7.32. The van der Waals surface area contributed by atoms with E-state index >= 15 is 0 Å². The lowest BCUT2D eigenvalue weighted by atomic mass is 9.89. The Morgan fingerprint density at radius 2 is 1.96 bits per heavy atom. The summed E-state index contributed by atoms with van der Waals surface area (Å²) in [6.07, 6.45) is 2.47. The second-order valence-electron chi connectivity index (χ2n) is 6.77. The zero-order chi connectivity index (χ0) is 17.9. The molecule has 0 atom stereocenters. The van der Waals surface area contributed by atoms with Crippen LogP contribution in [-0.2, 0) is 0 Å². The quantitative estimate of drug-likeness (QED) is 0.713. The number of anilines is 2. The first kappa shape index (κ1) is 16.8.